The van der Waals surface area contributed by atoms with E-state index in [0.29, 0.717) is 0 Å². The SMILES string of the molecule is CCCCCC1CCC(C2CCC(C=Cc3ccc(OC)c(F)c3C(F)(F)F)CC2)CC1. The third-order valence-corrected chi connectivity index (χ3v) is 7.78. The number of halogens is 4. The highest BCUT2D eigenvalue weighted by atomic mass is 19.4. The molecule has 1 nitrogen and oxygen atoms in total. The summed E-state index contributed by atoms with van der Waals surface area (Å²) >= 11 is 0. The molecule has 2 aliphatic carbocycles. The lowest BCUT2D eigenvalue weighted by Gasteiger charge is -2.37. The molecule has 0 heterocycles. The molecular weight excluding hydrogens is 416 g/mol. The number of rotatable bonds is 8. The molecule has 0 bridgehead atoms. The zero-order valence-corrected chi connectivity index (χ0v) is 19.5. The van der Waals surface area contributed by atoms with Gasteiger partial charge < -0.3 is 4.74 Å². The number of unbranched alkanes of at least 4 members (excludes halogenated alkanes) is 2. The predicted molar refractivity (Wildman–Crippen MR) is 122 cm³/mol. The first kappa shape index (κ1) is 25.1. The van der Waals surface area contributed by atoms with Crippen molar-refractivity contribution in [1.82, 2.24) is 0 Å². The van der Waals surface area contributed by atoms with Crippen LogP contribution in [0.2, 0.25) is 0 Å². The molecule has 0 saturated heterocycles. The summed E-state index contributed by atoms with van der Waals surface area (Å²) in [5.74, 6) is 1.06. The van der Waals surface area contributed by atoms with Crippen LogP contribution in [-0.2, 0) is 6.18 Å². The molecule has 180 valence electrons. The number of methoxy groups -OCH3 is 1. The van der Waals surface area contributed by atoms with E-state index in [1.54, 1.807) is 0 Å². The number of hydrogen-bond acceptors (Lipinski definition) is 1. The zero-order chi connectivity index (χ0) is 23.1. The van der Waals surface area contributed by atoms with E-state index in [0.717, 1.165) is 43.4 Å². The van der Waals surface area contributed by atoms with Crippen molar-refractivity contribution in [3.63, 3.8) is 0 Å². The molecule has 0 radical (unpaired) electrons. The van der Waals surface area contributed by atoms with Crippen LogP contribution in [0.3, 0.4) is 0 Å². The number of hydrogen-bond donors (Lipinski definition) is 0. The fourth-order valence-corrected chi connectivity index (χ4v) is 5.84. The van der Waals surface area contributed by atoms with Gasteiger partial charge in [-0.3, -0.25) is 0 Å². The summed E-state index contributed by atoms with van der Waals surface area (Å²) < 4.78 is 59.3. The monoisotopic (exact) mass is 454 g/mol. The van der Waals surface area contributed by atoms with E-state index in [1.165, 1.54) is 76.7 Å². The van der Waals surface area contributed by atoms with Crippen molar-refractivity contribution in [3.8, 4) is 5.75 Å². The number of ether oxygens (including phenoxy) is 1. The van der Waals surface area contributed by atoms with E-state index in [4.69, 9.17) is 4.74 Å². The van der Waals surface area contributed by atoms with Gasteiger partial charge in [0, 0.05) is 0 Å². The normalized spacial score (nSPS) is 27.1. The van der Waals surface area contributed by atoms with Gasteiger partial charge in [0.2, 0.25) is 0 Å². The largest absolute Gasteiger partial charge is 0.494 e. The topological polar surface area (TPSA) is 9.23 Å². The van der Waals surface area contributed by atoms with Gasteiger partial charge in [-0.1, -0.05) is 63.7 Å². The van der Waals surface area contributed by atoms with Gasteiger partial charge >= 0.3 is 6.18 Å². The van der Waals surface area contributed by atoms with E-state index in [9.17, 15) is 17.6 Å². The maximum absolute atomic E-state index is 14.3. The van der Waals surface area contributed by atoms with Gasteiger partial charge in [0.25, 0.3) is 0 Å². The van der Waals surface area contributed by atoms with Crippen LogP contribution in [0.5, 0.6) is 5.75 Å². The first-order chi connectivity index (χ1) is 15.3. The maximum atomic E-state index is 14.3. The highest BCUT2D eigenvalue weighted by Gasteiger charge is 2.38. The Morgan fingerprint density at radius 1 is 0.938 bits per heavy atom. The molecule has 2 fully saturated rings. The van der Waals surface area contributed by atoms with E-state index in [2.05, 4.69) is 6.92 Å². The van der Waals surface area contributed by atoms with E-state index >= 15 is 0 Å². The third kappa shape index (κ3) is 6.51. The lowest BCUT2D eigenvalue weighted by atomic mass is 9.68. The summed E-state index contributed by atoms with van der Waals surface area (Å²) in [4.78, 5) is 0. The third-order valence-electron chi connectivity index (χ3n) is 7.78. The Kier molecular flexibility index (Phi) is 9.07. The predicted octanol–water partition coefficient (Wildman–Crippen LogP) is 9.06. The second-order valence-corrected chi connectivity index (χ2v) is 9.85. The Bertz CT molecular complexity index is 739. The van der Waals surface area contributed by atoms with Crippen molar-refractivity contribution in [2.75, 3.05) is 7.11 Å². The standard InChI is InChI=1S/C27H38F4O/c1-3-4-5-6-19-7-12-21(13-8-19)22-14-9-20(10-15-22)11-16-23-17-18-24(32-2)26(28)25(23)27(29,30)31/h11,16-22H,3-10,12-15H2,1-2H3. The first-order valence-electron chi connectivity index (χ1n) is 12.4. The van der Waals surface area contributed by atoms with Crippen molar-refractivity contribution in [2.45, 2.75) is 90.1 Å². The van der Waals surface area contributed by atoms with E-state index in [1.807, 2.05) is 6.08 Å². The van der Waals surface area contributed by atoms with Crippen LogP contribution in [0.15, 0.2) is 18.2 Å². The molecule has 3 rings (SSSR count). The van der Waals surface area contributed by atoms with Crippen LogP contribution in [0, 0.1) is 29.5 Å². The van der Waals surface area contributed by atoms with Crippen LogP contribution >= 0.6 is 0 Å². The van der Waals surface area contributed by atoms with Crippen LogP contribution < -0.4 is 4.74 Å². The zero-order valence-electron chi connectivity index (χ0n) is 19.5. The molecule has 0 unspecified atom stereocenters. The minimum Gasteiger partial charge on any atom is -0.494 e. The molecule has 0 amide bonds. The smallest absolute Gasteiger partial charge is 0.419 e. The van der Waals surface area contributed by atoms with Crippen LogP contribution in [0.1, 0.15) is 95.1 Å². The lowest BCUT2D eigenvalue weighted by Crippen LogP contribution is -2.25. The van der Waals surface area contributed by atoms with Crippen molar-refractivity contribution in [1.29, 1.82) is 0 Å². The van der Waals surface area contributed by atoms with E-state index in [-0.39, 0.29) is 17.2 Å². The van der Waals surface area contributed by atoms with Crippen LogP contribution in [0.25, 0.3) is 6.08 Å². The fourth-order valence-electron chi connectivity index (χ4n) is 5.84. The van der Waals surface area contributed by atoms with Crippen LogP contribution in [-0.4, -0.2) is 7.11 Å². The molecule has 1 aromatic carbocycles. The molecule has 0 spiro atoms. The van der Waals surface area contributed by atoms with Gasteiger partial charge in [-0.05, 0) is 73.8 Å². The van der Waals surface area contributed by atoms with E-state index < -0.39 is 17.6 Å². The van der Waals surface area contributed by atoms with Crippen LogP contribution in [0.4, 0.5) is 17.6 Å². The van der Waals surface area contributed by atoms with Gasteiger partial charge in [0.1, 0.15) is 5.56 Å². The quantitative estimate of drug-likeness (QED) is 0.281. The molecule has 0 atom stereocenters. The van der Waals surface area contributed by atoms with Gasteiger partial charge in [0.15, 0.2) is 11.6 Å². The van der Waals surface area contributed by atoms with Crippen molar-refractivity contribution >= 4 is 6.08 Å². The number of benzene rings is 1. The molecule has 32 heavy (non-hydrogen) atoms. The summed E-state index contributed by atoms with van der Waals surface area (Å²) in [5, 5.41) is 0. The molecule has 0 aromatic heterocycles. The summed E-state index contributed by atoms with van der Waals surface area (Å²) in [6.45, 7) is 2.26. The van der Waals surface area contributed by atoms with Gasteiger partial charge in [-0.15, -0.1) is 0 Å². The maximum Gasteiger partial charge on any atom is 0.419 e. The summed E-state index contributed by atoms with van der Waals surface area (Å²) in [6.07, 6.45) is 13.7. The Labute approximate surface area is 190 Å². The minimum atomic E-state index is -4.76. The van der Waals surface area contributed by atoms with Gasteiger partial charge in [-0.2, -0.15) is 13.2 Å². The first-order valence-corrected chi connectivity index (χ1v) is 12.4. The molecule has 0 aliphatic heterocycles. The Morgan fingerprint density at radius 3 is 2.12 bits per heavy atom. The molecule has 0 N–H and O–H groups in total. The molecule has 2 saturated carbocycles. The highest BCUT2D eigenvalue weighted by Crippen LogP contribution is 2.43. The highest BCUT2D eigenvalue weighted by molar-refractivity contribution is 5.57. The molecular formula is C27H38F4O. The second-order valence-electron chi connectivity index (χ2n) is 9.85. The van der Waals surface area contributed by atoms with Crippen molar-refractivity contribution < 1.29 is 22.3 Å². The average molecular weight is 455 g/mol. The summed E-state index contributed by atoms with van der Waals surface area (Å²) in [7, 11) is 1.17. The summed E-state index contributed by atoms with van der Waals surface area (Å²) in [6, 6.07) is 2.56. The number of alkyl halides is 3. The number of allylic oxidation sites excluding steroid dienone is 1. The van der Waals surface area contributed by atoms with Gasteiger partial charge in [-0.25, -0.2) is 4.39 Å². The lowest BCUT2D eigenvalue weighted by molar-refractivity contribution is -0.140. The summed E-state index contributed by atoms with van der Waals surface area (Å²) in [5.41, 5.74) is -1.36. The second kappa shape index (κ2) is 11.6. The van der Waals surface area contributed by atoms with Crippen molar-refractivity contribution in [2.24, 2.45) is 23.7 Å². The average Bonchev–Trinajstić information content (AvgIpc) is 2.78. The Morgan fingerprint density at radius 2 is 1.56 bits per heavy atom. The molecule has 5 heteroatoms. The fraction of sp³-hybridized carbons (Fsp3) is 0.704. The van der Waals surface area contributed by atoms with Crippen molar-refractivity contribution in [3.05, 3.63) is 35.2 Å². The molecule has 2 aliphatic rings. The van der Waals surface area contributed by atoms with Gasteiger partial charge in [0.05, 0.1) is 7.11 Å². The Hall–Kier alpha value is -1.52. The molecule has 1 aromatic rings. The minimum absolute atomic E-state index is 0.126. The Balaban J connectivity index is 1.52.